The summed E-state index contributed by atoms with van der Waals surface area (Å²) in [6, 6.07) is 8.22. The van der Waals surface area contributed by atoms with Gasteiger partial charge in [0.25, 0.3) is 0 Å². The number of unbranched alkanes of at least 4 members (excludes halogenated alkanes) is 7. The Bertz CT molecular complexity index is 741. The summed E-state index contributed by atoms with van der Waals surface area (Å²) >= 11 is 0. The largest absolute Gasteiger partial charge is 0.466 e. The lowest BCUT2D eigenvalue weighted by Crippen LogP contribution is -2.09. The third-order valence-electron chi connectivity index (χ3n) is 5.75. The molecular weight excluding hydrogens is 384 g/mol. The molecule has 0 amide bonds. The maximum Gasteiger partial charge on any atom is 0.306 e. The van der Waals surface area contributed by atoms with Gasteiger partial charge in [0.2, 0.25) is 0 Å². The molecule has 1 aromatic heterocycles. The number of carbonyl (C=O) groups is 1. The van der Waals surface area contributed by atoms with Crippen molar-refractivity contribution in [2.45, 2.75) is 97.3 Å². The first-order valence-corrected chi connectivity index (χ1v) is 12.2. The average Bonchev–Trinajstić information content (AvgIpc) is 2.79. The molecular formula is C27H40N2O2. The molecule has 4 heteroatoms. The fourth-order valence-corrected chi connectivity index (χ4v) is 3.67. The van der Waals surface area contributed by atoms with Crippen LogP contribution in [0.1, 0.15) is 102 Å². The molecule has 1 heterocycles. The second-order valence-electron chi connectivity index (χ2n) is 8.59. The molecule has 0 fully saturated rings. The highest BCUT2D eigenvalue weighted by molar-refractivity contribution is 5.70. The number of carbonyl (C=O) groups excluding carboxylic acids is 1. The standard InChI is InChI=1S/C27H40N2O2/c1-4-6-8-10-11-13-23-20-28-27(29-21-23)25-16-14-24(15-17-25)22(3)19-26(30)31-18-12-9-7-5-2/h14-17,20-22H,4-13,18-19H2,1-3H3. The molecule has 0 spiro atoms. The van der Waals surface area contributed by atoms with E-state index >= 15 is 0 Å². The van der Waals surface area contributed by atoms with Crippen molar-refractivity contribution in [2.24, 2.45) is 0 Å². The molecule has 0 aliphatic carbocycles. The monoisotopic (exact) mass is 424 g/mol. The Morgan fingerprint density at radius 3 is 2.13 bits per heavy atom. The van der Waals surface area contributed by atoms with Crippen LogP contribution in [0.25, 0.3) is 11.4 Å². The molecule has 1 aromatic carbocycles. The number of nitrogens with zero attached hydrogens (tertiary/aromatic N) is 2. The van der Waals surface area contributed by atoms with E-state index in [9.17, 15) is 4.79 Å². The first-order chi connectivity index (χ1) is 15.1. The minimum absolute atomic E-state index is 0.110. The van der Waals surface area contributed by atoms with Crippen LogP contribution in [0.2, 0.25) is 0 Å². The SMILES string of the molecule is CCCCCCCc1cnc(-c2ccc(C(C)CC(=O)OCCCCCC)cc2)nc1. The molecule has 1 unspecified atom stereocenters. The summed E-state index contributed by atoms with van der Waals surface area (Å²) in [5, 5.41) is 0. The highest BCUT2D eigenvalue weighted by Crippen LogP contribution is 2.23. The van der Waals surface area contributed by atoms with E-state index in [-0.39, 0.29) is 11.9 Å². The molecule has 0 saturated carbocycles. The zero-order chi connectivity index (χ0) is 22.3. The van der Waals surface area contributed by atoms with Gasteiger partial charge in [0, 0.05) is 18.0 Å². The van der Waals surface area contributed by atoms with Crippen LogP contribution >= 0.6 is 0 Å². The Kier molecular flexibility index (Phi) is 11.9. The molecule has 1 atom stereocenters. The molecule has 0 aliphatic rings. The minimum atomic E-state index is -0.110. The van der Waals surface area contributed by atoms with Gasteiger partial charge in [-0.3, -0.25) is 4.79 Å². The van der Waals surface area contributed by atoms with Crippen molar-refractivity contribution < 1.29 is 9.53 Å². The van der Waals surface area contributed by atoms with Gasteiger partial charge in [0.15, 0.2) is 5.82 Å². The number of rotatable bonds is 15. The predicted octanol–water partition coefficient (Wildman–Crippen LogP) is 7.27. The summed E-state index contributed by atoms with van der Waals surface area (Å²) < 4.78 is 5.37. The Balaban J connectivity index is 1.79. The van der Waals surface area contributed by atoms with Gasteiger partial charge in [-0.05, 0) is 36.3 Å². The number of hydrogen-bond donors (Lipinski definition) is 0. The first-order valence-electron chi connectivity index (χ1n) is 12.2. The number of hydrogen-bond acceptors (Lipinski definition) is 4. The van der Waals surface area contributed by atoms with E-state index in [2.05, 4.69) is 42.9 Å². The molecule has 2 aromatic rings. The second-order valence-corrected chi connectivity index (χ2v) is 8.59. The summed E-state index contributed by atoms with van der Waals surface area (Å²) in [6.45, 7) is 7.02. The van der Waals surface area contributed by atoms with E-state index in [0.29, 0.717) is 13.0 Å². The quantitative estimate of drug-likeness (QED) is 0.223. The second kappa shape index (κ2) is 14.7. The van der Waals surface area contributed by atoms with Crippen LogP contribution in [0.15, 0.2) is 36.7 Å². The molecule has 0 aliphatic heterocycles. The third-order valence-corrected chi connectivity index (χ3v) is 5.75. The Morgan fingerprint density at radius 1 is 0.871 bits per heavy atom. The van der Waals surface area contributed by atoms with Crippen LogP contribution in [0.4, 0.5) is 0 Å². The van der Waals surface area contributed by atoms with Gasteiger partial charge in [-0.15, -0.1) is 0 Å². The fraction of sp³-hybridized carbons (Fsp3) is 0.593. The summed E-state index contributed by atoms with van der Waals surface area (Å²) in [5.74, 6) is 0.773. The molecule has 0 saturated heterocycles. The first kappa shape index (κ1) is 25.0. The summed E-state index contributed by atoms with van der Waals surface area (Å²) in [7, 11) is 0. The Hall–Kier alpha value is -2.23. The summed E-state index contributed by atoms with van der Waals surface area (Å²) in [4.78, 5) is 21.2. The lowest BCUT2D eigenvalue weighted by atomic mass is 9.96. The van der Waals surface area contributed by atoms with E-state index in [4.69, 9.17) is 4.74 Å². The van der Waals surface area contributed by atoms with Crippen molar-refractivity contribution in [3.63, 3.8) is 0 Å². The van der Waals surface area contributed by atoms with Gasteiger partial charge in [-0.25, -0.2) is 9.97 Å². The van der Waals surface area contributed by atoms with Crippen molar-refractivity contribution >= 4 is 5.97 Å². The molecule has 0 bridgehead atoms. The number of esters is 1. The zero-order valence-corrected chi connectivity index (χ0v) is 19.7. The molecule has 0 N–H and O–H groups in total. The average molecular weight is 425 g/mol. The number of benzene rings is 1. The molecule has 31 heavy (non-hydrogen) atoms. The highest BCUT2D eigenvalue weighted by atomic mass is 16.5. The van der Waals surface area contributed by atoms with E-state index in [1.54, 1.807) is 0 Å². The van der Waals surface area contributed by atoms with Crippen LogP contribution in [-0.4, -0.2) is 22.5 Å². The van der Waals surface area contributed by atoms with Crippen molar-refractivity contribution in [3.05, 3.63) is 47.8 Å². The van der Waals surface area contributed by atoms with Crippen LogP contribution in [0.5, 0.6) is 0 Å². The van der Waals surface area contributed by atoms with Gasteiger partial charge < -0.3 is 4.74 Å². The molecule has 0 radical (unpaired) electrons. The predicted molar refractivity (Wildman–Crippen MR) is 128 cm³/mol. The topological polar surface area (TPSA) is 52.1 Å². The molecule has 4 nitrogen and oxygen atoms in total. The molecule has 170 valence electrons. The Morgan fingerprint density at radius 2 is 1.48 bits per heavy atom. The van der Waals surface area contributed by atoms with Crippen LogP contribution in [-0.2, 0) is 16.0 Å². The number of aromatic nitrogens is 2. The van der Waals surface area contributed by atoms with Crippen molar-refractivity contribution in [3.8, 4) is 11.4 Å². The lowest BCUT2D eigenvalue weighted by molar-refractivity contribution is -0.144. The van der Waals surface area contributed by atoms with E-state index < -0.39 is 0 Å². The smallest absolute Gasteiger partial charge is 0.306 e. The van der Waals surface area contributed by atoms with Crippen LogP contribution < -0.4 is 0 Å². The van der Waals surface area contributed by atoms with Crippen molar-refractivity contribution in [1.29, 1.82) is 0 Å². The number of ether oxygens (including phenoxy) is 1. The maximum atomic E-state index is 12.1. The Labute approximate surface area is 188 Å². The summed E-state index contributed by atoms with van der Waals surface area (Å²) in [6.07, 6.45) is 16.2. The van der Waals surface area contributed by atoms with Crippen molar-refractivity contribution in [2.75, 3.05) is 6.61 Å². The van der Waals surface area contributed by atoms with Gasteiger partial charge in [-0.2, -0.15) is 0 Å². The number of aryl methyl sites for hydroxylation is 1. The van der Waals surface area contributed by atoms with Gasteiger partial charge in [0.1, 0.15) is 0 Å². The third kappa shape index (κ3) is 9.63. The van der Waals surface area contributed by atoms with E-state index in [1.165, 1.54) is 50.5 Å². The lowest BCUT2D eigenvalue weighted by Gasteiger charge is -2.12. The minimum Gasteiger partial charge on any atom is -0.466 e. The van der Waals surface area contributed by atoms with Gasteiger partial charge in [0.05, 0.1) is 13.0 Å². The van der Waals surface area contributed by atoms with Gasteiger partial charge in [-0.1, -0.05) is 90.0 Å². The highest BCUT2D eigenvalue weighted by Gasteiger charge is 2.13. The molecule has 2 rings (SSSR count). The van der Waals surface area contributed by atoms with Crippen molar-refractivity contribution in [1.82, 2.24) is 9.97 Å². The normalized spacial score (nSPS) is 12.0. The van der Waals surface area contributed by atoms with Crippen LogP contribution in [0.3, 0.4) is 0 Å². The van der Waals surface area contributed by atoms with Crippen LogP contribution in [0, 0.1) is 0 Å². The zero-order valence-electron chi connectivity index (χ0n) is 19.7. The van der Waals surface area contributed by atoms with E-state index in [1.807, 2.05) is 24.5 Å². The summed E-state index contributed by atoms with van der Waals surface area (Å²) in [5.41, 5.74) is 3.35. The van der Waals surface area contributed by atoms with Gasteiger partial charge >= 0.3 is 5.97 Å². The van der Waals surface area contributed by atoms with E-state index in [0.717, 1.165) is 36.2 Å². The maximum absolute atomic E-state index is 12.1. The fourth-order valence-electron chi connectivity index (χ4n) is 3.67.